The van der Waals surface area contributed by atoms with E-state index >= 15 is 0 Å². The van der Waals surface area contributed by atoms with Crippen LogP contribution in [-0.4, -0.2) is 76.8 Å². The molecular weight excluding hydrogens is 1190 g/mol. The van der Waals surface area contributed by atoms with E-state index in [1.807, 2.05) is 109 Å². The summed E-state index contributed by atoms with van der Waals surface area (Å²) in [7, 11) is 0. The van der Waals surface area contributed by atoms with E-state index in [0.29, 0.717) is 56.6 Å². The summed E-state index contributed by atoms with van der Waals surface area (Å²) in [4.78, 5) is 14.0. The number of aromatic amines is 3. The number of para-hydroxylation sites is 3. The number of fused-ring (bicyclic) bond motifs is 3. The molecule has 0 aliphatic carbocycles. The smallest absolute Gasteiger partial charge is 0.178 e. The van der Waals surface area contributed by atoms with Crippen LogP contribution in [0.1, 0.15) is 84.6 Å². The molecule has 18 nitrogen and oxygen atoms in total. The highest BCUT2D eigenvalue weighted by molar-refractivity contribution is 5.80. The second kappa shape index (κ2) is 31.9. The fourth-order valence-electron chi connectivity index (χ4n) is 11.2. The molecular formula is C78H69N15O3. The molecule has 3 N–H and O–H groups in total. The summed E-state index contributed by atoms with van der Waals surface area (Å²) < 4.78 is 17.8. The number of benzene rings is 9. The number of nitrogens with zero attached hydrogens (tertiary/aromatic N) is 12. The Kier molecular flexibility index (Phi) is 20.8. The molecule has 96 heavy (non-hydrogen) atoms. The van der Waals surface area contributed by atoms with Gasteiger partial charge in [-0.1, -0.05) is 198 Å². The Morgan fingerprint density at radius 1 is 0.260 bits per heavy atom. The second-order valence-corrected chi connectivity index (χ2v) is 23.2. The molecule has 15 rings (SSSR count). The molecule has 0 unspecified atom stereocenters. The first kappa shape index (κ1) is 62.6. The molecule has 15 aromatic rings. The summed E-state index contributed by atoms with van der Waals surface area (Å²) in [5.41, 5.74) is 17.1. The molecule has 0 fully saturated rings. The summed E-state index contributed by atoms with van der Waals surface area (Å²) in [6.45, 7) is 1.37. The van der Waals surface area contributed by atoms with Crippen LogP contribution in [0.3, 0.4) is 0 Å². The lowest BCUT2D eigenvalue weighted by atomic mass is 9.98. The molecule has 0 amide bonds. The first-order chi connectivity index (χ1) is 47.5. The number of nitrogens with one attached hydrogen (secondary N) is 3. The quantitative estimate of drug-likeness (QED) is 0.0511. The molecule has 0 aliphatic heterocycles. The zero-order valence-corrected chi connectivity index (χ0v) is 52.8. The summed E-state index contributed by atoms with van der Waals surface area (Å²) in [5.74, 6) is 4.68. The van der Waals surface area contributed by atoms with Crippen LogP contribution >= 0.6 is 0 Å². The van der Waals surface area contributed by atoms with Gasteiger partial charge < -0.3 is 14.2 Å². The van der Waals surface area contributed by atoms with Gasteiger partial charge in [0.2, 0.25) is 0 Å². The van der Waals surface area contributed by atoms with Gasteiger partial charge in [0.25, 0.3) is 0 Å². The van der Waals surface area contributed by atoms with Crippen molar-refractivity contribution in [3.63, 3.8) is 0 Å². The van der Waals surface area contributed by atoms with Crippen LogP contribution in [-0.2, 0) is 77.6 Å². The van der Waals surface area contributed by atoms with Crippen LogP contribution in [0.4, 0.5) is 0 Å². The van der Waals surface area contributed by atoms with Gasteiger partial charge in [0.15, 0.2) is 17.5 Å². The average Bonchev–Trinajstić information content (AvgIpc) is 2.30. The summed E-state index contributed by atoms with van der Waals surface area (Å²) >= 11 is 0. The molecule has 0 spiro atoms. The number of tetrazole rings is 3. The fraction of sp³-hybridized carbons (Fsp3) is 0.154. The highest BCUT2D eigenvalue weighted by Crippen LogP contribution is 2.23. The Bertz CT molecular complexity index is 4860. The van der Waals surface area contributed by atoms with Crippen molar-refractivity contribution in [2.24, 2.45) is 0 Å². The largest absolute Gasteiger partial charge is 0.487 e. The Morgan fingerprint density at radius 2 is 0.604 bits per heavy atom. The van der Waals surface area contributed by atoms with Crippen molar-refractivity contribution < 1.29 is 14.2 Å². The number of hydrogen-bond acceptors (Lipinski definition) is 15. The summed E-state index contributed by atoms with van der Waals surface area (Å²) in [6, 6.07) is 87.2. The standard InChI is InChI=1S/3C26H23N5O/c1-2-7-25-22(6-1)12-13-23(27-25)18-32-24-14-10-19(11-15-24)8-9-20-4-3-5-21(16-20)17-26-28-30-31-29-26;1-2-7-22(17-26-28-30-31-29-26)20(5-1)12-9-19-10-15-24(16-11-19)32-18-23-14-13-21-6-3-4-8-25(21)27-23;1-2-4-25-22(3-1)13-14-23(27-25)18-32-24-15-11-20(12-16-24)6-5-19-7-9-21(10-8-19)17-26-28-30-31-29-26/h1-7,10-16H,8-9,17-18H2,(H,28,29,30,31);1-8,10-11,13-16H,9,12,17-18H2,(H,28,29,30,31);1-4,7-16H,5-6,17-18H2,(H,28,29,30,31). The third-order valence-corrected chi connectivity index (χ3v) is 16.4. The van der Waals surface area contributed by atoms with Crippen molar-refractivity contribution in [2.45, 2.75) is 77.6 Å². The number of pyridine rings is 3. The topological polar surface area (TPSA) is 230 Å². The zero-order valence-electron chi connectivity index (χ0n) is 52.8. The minimum Gasteiger partial charge on any atom is -0.487 e. The molecule has 0 saturated heterocycles. The molecule has 0 aliphatic rings. The Morgan fingerprint density at radius 3 is 1.03 bits per heavy atom. The lowest BCUT2D eigenvalue weighted by Gasteiger charge is -2.10. The van der Waals surface area contributed by atoms with Crippen LogP contribution < -0.4 is 14.2 Å². The van der Waals surface area contributed by atoms with Gasteiger partial charge in [-0.3, -0.25) is 0 Å². The molecule has 6 heterocycles. The number of ether oxygens (including phenoxy) is 3. The molecule has 9 aromatic carbocycles. The molecule has 0 saturated carbocycles. The maximum Gasteiger partial charge on any atom is 0.178 e. The van der Waals surface area contributed by atoms with E-state index < -0.39 is 0 Å². The van der Waals surface area contributed by atoms with Crippen molar-refractivity contribution in [2.75, 3.05) is 0 Å². The van der Waals surface area contributed by atoms with Crippen LogP contribution in [0, 0.1) is 0 Å². The van der Waals surface area contributed by atoms with E-state index in [4.69, 9.17) is 14.2 Å². The Balaban J connectivity index is 0.000000130. The van der Waals surface area contributed by atoms with Crippen molar-refractivity contribution in [3.8, 4) is 17.2 Å². The van der Waals surface area contributed by atoms with Gasteiger partial charge in [-0.15, -0.1) is 30.6 Å². The highest BCUT2D eigenvalue weighted by Gasteiger charge is 2.10. The highest BCUT2D eigenvalue weighted by atomic mass is 16.5. The first-order valence-electron chi connectivity index (χ1n) is 32.1. The maximum atomic E-state index is 5.95. The third-order valence-electron chi connectivity index (χ3n) is 16.4. The average molecular weight is 1260 g/mol. The van der Waals surface area contributed by atoms with Crippen molar-refractivity contribution in [1.29, 1.82) is 0 Å². The molecule has 0 radical (unpaired) electrons. The normalized spacial score (nSPS) is 11.0. The predicted octanol–water partition coefficient (Wildman–Crippen LogP) is 14.1. The van der Waals surface area contributed by atoms with Crippen molar-refractivity contribution in [3.05, 3.63) is 339 Å². The minimum absolute atomic E-state index is 0.452. The third kappa shape index (κ3) is 18.1. The Hall–Kier alpha value is -12.2. The minimum atomic E-state index is 0.452. The molecule has 474 valence electrons. The molecule has 0 bridgehead atoms. The number of hydrogen-bond donors (Lipinski definition) is 3. The monoisotopic (exact) mass is 1260 g/mol. The SMILES string of the molecule is c1cc(CCc2ccc(OCc3ccc4ccccc4n3)cc2)cc(Cc2nn[nH]n2)c1.c1ccc(Cc2nn[nH]n2)c(CCc2ccc(OCc3ccc4ccccc4n3)cc2)c1.c1ccc2nc(COc3ccc(CCc4ccc(Cc5nn[nH]n5)cc4)cc3)ccc2c1. The second-order valence-electron chi connectivity index (χ2n) is 23.2. The van der Waals surface area contributed by atoms with E-state index in [1.165, 1.54) is 50.1 Å². The van der Waals surface area contributed by atoms with Gasteiger partial charge in [0.05, 0.1) is 33.6 Å². The number of rotatable bonds is 24. The van der Waals surface area contributed by atoms with Gasteiger partial charge in [-0.05, 0) is 161 Å². The molecule has 6 aromatic heterocycles. The van der Waals surface area contributed by atoms with E-state index in [1.54, 1.807) is 0 Å². The van der Waals surface area contributed by atoms with Crippen molar-refractivity contribution >= 4 is 32.7 Å². The zero-order chi connectivity index (χ0) is 64.8. The Labute approximate surface area is 555 Å². The first-order valence-corrected chi connectivity index (χ1v) is 32.1. The lowest BCUT2D eigenvalue weighted by Crippen LogP contribution is -2.00. The van der Waals surface area contributed by atoms with Gasteiger partial charge in [-0.2, -0.15) is 15.6 Å². The van der Waals surface area contributed by atoms with E-state index in [2.05, 4.69) is 222 Å². The molecule has 18 heteroatoms. The van der Waals surface area contributed by atoms with E-state index in [0.717, 1.165) is 106 Å². The van der Waals surface area contributed by atoms with Gasteiger partial charge in [0, 0.05) is 35.4 Å². The van der Waals surface area contributed by atoms with Crippen LogP contribution in [0.2, 0.25) is 0 Å². The van der Waals surface area contributed by atoms with Gasteiger partial charge in [-0.25, -0.2) is 15.0 Å². The lowest BCUT2D eigenvalue weighted by molar-refractivity contribution is 0.301. The maximum absolute atomic E-state index is 5.95. The van der Waals surface area contributed by atoms with Gasteiger partial charge in [0.1, 0.15) is 37.1 Å². The summed E-state index contributed by atoms with van der Waals surface area (Å²) in [5, 5.41) is 46.0. The van der Waals surface area contributed by atoms with Crippen LogP contribution in [0.15, 0.2) is 255 Å². The van der Waals surface area contributed by atoms with E-state index in [-0.39, 0.29) is 0 Å². The number of H-pyrrole nitrogens is 3. The van der Waals surface area contributed by atoms with E-state index in [9.17, 15) is 0 Å². The molecule has 0 atom stereocenters. The van der Waals surface area contributed by atoms with Crippen LogP contribution in [0.5, 0.6) is 17.2 Å². The van der Waals surface area contributed by atoms with Crippen molar-refractivity contribution in [1.82, 2.24) is 76.8 Å². The number of aryl methyl sites for hydroxylation is 6. The predicted molar refractivity (Wildman–Crippen MR) is 370 cm³/mol. The fourth-order valence-corrected chi connectivity index (χ4v) is 11.2. The number of aromatic nitrogens is 15. The van der Waals surface area contributed by atoms with Crippen LogP contribution in [0.25, 0.3) is 32.7 Å². The summed E-state index contributed by atoms with van der Waals surface area (Å²) in [6.07, 6.45) is 7.88. The van der Waals surface area contributed by atoms with Gasteiger partial charge >= 0.3 is 0 Å².